The first-order chi connectivity index (χ1) is 7.00. The summed E-state index contributed by atoms with van der Waals surface area (Å²) >= 11 is 0. The van der Waals surface area contributed by atoms with E-state index in [0.717, 1.165) is 26.2 Å². The molecule has 1 heterocycles. The van der Waals surface area contributed by atoms with Gasteiger partial charge in [-0.3, -0.25) is 14.6 Å². The van der Waals surface area contributed by atoms with Gasteiger partial charge in [0.2, 0.25) is 0 Å². The lowest BCUT2D eigenvalue weighted by Crippen LogP contribution is -2.50. The molecule has 0 spiro atoms. The van der Waals surface area contributed by atoms with Crippen molar-refractivity contribution < 1.29 is 9.90 Å². The second-order valence-corrected chi connectivity index (χ2v) is 4.67. The van der Waals surface area contributed by atoms with Gasteiger partial charge in [-0.1, -0.05) is 6.92 Å². The van der Waals surface area contributed by atoms with Gasteiger partial charge >= 0.3 is 5.97 Å². The molecule has 0 saturated carbocycles. The number of carbonyl (C=O) groups is 1. The Labute approximate surface area is 91.9 Å². The van der Waals surface area contributed by atoms with Crippen molar-refractivity contribution in [2.45, 2.75) is 26.8 Å². The zero-order valence-electron chi connectivity index (χ0n) is 9.94. The number of nitrogens with zero attached hydrogens (tertiary/aromatic N) is 2. The molecule has 4 heteroatoms. The van der Waals surface area contributed by atoms with E-state index < -0.39 is 5.97 Å². The van der Waals surface area contributed by atoms with Crippen LogP contribution in [-0.4, -0.2) is 59.6 Å². The minimum atomic E-state index is -0.693. The molecule has 0 aliphatic carbocycles. The summed E-state index contributed by atoms with van der Waals surface area (Å²) in [7, 11) is 0. The van der Waals surface area contributed by atoms with E-state index in [4.69, 9.17) is 5.11 Å². The molecule has 88 valence electrons. The van der Waals surface area contributed by atoms with Gasteiger partial charge in [-0.15, -0.1) is 0 Å². The lowest BCUT2D eigenvalue weighted by Gasteiger charge is -2.37. The summed E-state index contributed by atoms with van der Waals surface area (Å²) in [4.78, 5) is 15.4. The Hall–Kier alpha value is -0.610. The summed E-state index contributed by atoms with van der Waals surface area (Å²) in [6.45, 7) is 11.0. The van der Waals surface area contributed by atoms with Crippen LogP contribution < -0.4 is 0 Å². The van der Waals surface area contributed by atoms with Gasteiger partial charge in [0.25, 0.3) is 0 Å². The van der Waals surface area contributed by atoms with Gasteiger partial charge in [-0.05, 0) is 13.8 Å². The molecule has 1 N–H and O–H groups in total. The van der Waals surface area contributed by atoms with E-state index in [9.17, 15) is 4.79 Å². The standard InChI is InChI=1S/C11H22N2O2/c1-9(2)13-6-4-12(5-7-13)8-10(3)11(14)15/h9-10H,4-8H2,1-3H3,(H,14,15). The molecule has 0 aromatic rings. The lowest BCUT2D eigenvalue weighted by atomic mass is 10.1. The molecule has 1 aliphatic heterocycles. The van der Waals surface area contributed by atoms with Crippen molar-refractivity contribution in [1.29, 1.82) is 0 Å². The average molecular weight is 214 g/mol. The largest absolute Gasteiger partial charge is 0.481 e. The second-order valence-electron chi connectivity index (χ2n) is 4.67. The van der Waals surface area contributed by atoms with E-state index >= 15 is 0 Å². The normalized spacial score (nSPS) is 21.9. The van der Waals surface area contributed by atoms with Gasteiger partial charge < -0.3 is 5.11 Å². The molecule has 15 heavy (non-hydrogen) atoms. The Bertz CT molecular complexity index is 211. The van der Waals surface area contributed by atoms with Crippen LogP contribution in [-0.2, 0) is 4.79 Å². The monoisotopic (exact) mass is 214 g/mol. The van der Waals surface area contributed by atoms with Crippen molar-refractivity contribution in [3.63, 3.8) is 0 Å². The molecule has 1 fully saturated rings. The van der Waals surface area contributed by atoms with E-state index in [2.05, 4.69) is 23.6 Å². The fourth-order valence-electron chi connectivity index (χ4n) is 1.93. The number of piperazine rings is 1. The predicted octanol–water partition coefficient (Wildman–Crippen LogP) is 0.733. The quantitative estimate of drug-likeness (QED) is 0.749. The van der Waals surface area contributed by atoms with Crippen LogP contribution in [0.15, 0.2) is 0 Å². The Morgan fingerprint density at radius 1 is 1.20 bits per heavy atom. The Balaban J connectivity index is 2.28. The number of aliphatic carboxylic acids is 1. The van der Waals surface area contributed by atoms with Crippen molar-refractivity contribution >= 4 is 5.97 Å². The highest BCUT2D eigenvalue weighted by Crippen LogP contribution is 2.08. The number of rotatable bonds is 4. The first-order valence-electron chi connectivity index (χ1n) is 5.70. The smallest absolute Gasteiger partial charge is 0.307 e. The Kier molecular flexibility index (Phi) is 4.54. The zero-order valence-corrected chi connectivity index (χ0v) is 9.94. The third kappa shape index (κ3) is 3.80. The van der Waals surface area contributed by atoms with E-state index in [1.165, 1.54) is 0 Å². The van der Waals surface area contributed by atoms with Crippen LogP contribution in [0, 0.1) is 5.92 Å². The number of carboxylic acid groups (broad SMARTS) is 1. The van der Waals surface area contributed by atoms with Gasteiger partial charge in [0, 0.05) is 38.8 Å². The van der Waals surface area contributed by atoms with Gasteiger partial charge in [-0.2, -0.15) is 0 Å². The molecule has 1 aliphatic rings. The van der Waals surface area contributed by atoms with Crippen molar-refractivity contribution in [3.05, 3.63) is 0 Å². The van der Waals surface area contributed by atoms with E-state index in [-0.39, 0.29) is 5.92 Å². The molecule has 0 amide bonds. The molecule has 1 rings (SSSR count). The highest BCUT2D eigenvalue weighted by molar-refractivity contribution is 5.69. The van der Waals surface area contributed by atoms with Crippen LogP contribution in [0.1, 0.15) is 20.8 Å². The number of hydrogen-bond donors (Lipinski definition) is 1. The maximum absolute atomic E-state index is 10.7. The van der Waals surface area contributed by atoms with Crippen LogP contribution in [0.3, 0.4) is 0 Å². The van der Waals surface area contributed by atoms with Crippen LogP contribution in [0.4, 0.5) is 0 Å². The Morgan fingerprint density at radius 3 is 2.13 bits per heavy atom. The average Bonchev–Trinajstić information content (AvgIpc) is 2.18. The van der Waals surface area contributed by atoms with E-state index in [1.54, 1.807) is 6.92 Å². The van der Waals surface area contributed by atoms with Crippen LogP contribution in [0.5, 0.6) is 0 Å². The molecule has 0 radical (unpaired) electrons. The first kappa shape index (κ1) is 12.5. The summed E-state index contributed by atoms with van der Waals surface area (Å²) in [6.07, 6.45) is 0. The van der Waals surface area contributed by atoms with E-state index in [1.807, 2.05) is 0 Å². The summed E-state index contributed by atoms with van der Waals surface area (Å²) in [5, 5.41) is 8.82. The molecule has 1 saturated heterocycles. The highest BCUT2D eigenvalue weighted by Gasteiger charge is 2.21. The maximum Gasteiger partial charge on any atom is 0.307 e. The summed E-state index contributed by atoms with van der Waals surface area (Å²) in [5.74, 6) is -0.947. The van der Waals surface area contributed by atoms with Gasteiger partial charge in [0.05, 0.1) is 5.92 Å². The van der Waals surface area contributed by atoms with Crippen molar-refractivity contribution in [2.24, 2.45) is 5.92 Å². The van der Waals surface area contributed by atoms with Gasteiger partial charge in [-0.25, -0.2) is 0 Å². The van der Waals surface area contributed by atoms with Gasteiger partial charge in [0.15, 0.2) is 0 Å². The molecule has 0 aromatic carbocycles. The molecule has 1 atom stereocenters. The van der Waals surface area contributed by atoms with Crippen LogP contribution >= 0.6 is 0 Å². The minimum absolute atomic E-state index is 0.254. The maximum atomic E-state index is 10.7. The van der Waals surface area contributed by atoms with Crippen molar-refractivity contribution in [1.82, 2.24) is 9.80 Å². The number of carboxylic acids is 1. The molecular weight excluding hydrogens is 192 g/mol. The first-order valence-corrected chi connectivity index (χ1v) is 5.70. The zero-order chi connectivity index (χ0) is 11.4. The summed E-state index contributed by atoms with van der Waals surface area (Å²) in [6, 6.07) is 0.601. The number of hydrogen-bond acceptors (Lipinski definition) is 3. The third-order valence-electron chi connectivity index (χ3n) is 3.09. The minimum Gasteiger partial charge on any atom is -0.481 e. The van der Waals surface area contributed by atoms with Gasteiger partial charge in [0.1, 0.15) is 0 Å². The molecule has 1 unspecified atom stereocenters. The topological polar surface area (TPSA) is 43.8 Å². The second kappa shape index (κ2) is 5.47. The highest BCUT2D eigenvalue weighted by atomic mass is 16.4. The van der Waals surface area contributed by atoms with Crippen molar-refractivity contribution in [2.75, 3.05) is 32.7 Å². The predicted molar refractivity (Wildman–Crippen MR) is 59.9 cm³/mol. The summed E-state index contributed by atoms with van der Waals surface area (Å²) in [5.41, 5.74) is 0. The lowest BCUT2D eigenvalue weighted by molar-refractivity contribution is -0.141. The third-order valence-corrected chi connectivity index (χ3v) is 3.09. The van der Waals surface area contributed by atoms with Crippen molar-refractivity contribution in [3.8, 4) is 0 Å². The fraction of sp³-hybridized carbons (Fsp3) is 0.909. The summed E-state index contributed by atoms with van der Waals surface area (Å²) < 4.78 is 0. The molecule has 4 nitrogen and oxygen atoms in total. The fourth-order valence-corrected chi connectivity index (χ4v) is 1.93. The molecular formula is C11H22N2O2. The van der Waals surface area contributed by atoms with E-state index in [0.29, 0.717) is 12.6 Å². The molecule has 0 aromatic heterocycles. The molecule has 0 bridgehead atoms. The van der Waals surface area contributed by atoms with Crippen LogP contribution in [0.2, 0.25) is 0 Å². The SMILES string of the molecule is CC(CN1CCN(C(C)C)CC1)C(=O)O. The Morgan fingerprint density at radius 2 is 1.73 bits per heavy atom. The van der Waals surface area contributed by atoms with Crippen LogP contribution in [0.25, 0.3) is 0 Å².